The molecule has 1 N–H and O–H groups in total. The van der Waals surface area contributed by atoms with E-state index in [0.29, 0.717) is 6.54 Å². The molecule has 1 aromatic heterocycles. The van der Waals surface area contributed by atoms with Crippen LogP contribution < -0.4 is 4.57 Å². The Bertz CT molecular complexity index is 376. The van der Waals surface area contributed by atoms with Crippen molar-refractivity contribution in [1.82, 2.24) is 0 Å². The van der Waals surface area contributed by atoms with Gasteiger partial charge >= 0.3 is 10.4 Å². The molecule has 0 saturated carbocycles. The van der Waals surface area contributed by atoms with E-state index in [4.69, 9.17) is 4.55 Å². The van der Waals surface area contributed by atoms with Crippen LogP contribution in [0.25, 0.3) is 0 Å². The molecule has 1 heterocycles. The molecular formula is C8H12NO4S+. The van der Waals surface area contributed by atoms with Crippen molar-refractivity contribution in [2.24, 2.45) is 0 Å². The standard InChI is InChI=1S/C8H11NO4S/c1-8(13-14(10,11)12)7-9-5-3-2-4-6-9/h2-6,8H,7H2,1H3/p+1/t8-/m0/s1. The maximum absolute atomic E-state index is 10.4. The van der Waals surface area contributed by atoms with Gasteiger partial charge in [0.15, 0.2) is 18.9 Å². The minimum absolute atomic E-state index is 0.362. The zero-order chi connectivity index (χ0) is 10.6. The largest absolute Gasteiger partial charge is 0.397 e. The van der Waals surface area contributed by atoms with Gasteiger partial charge in [0, 0.05) is 12.1 Å². The SMILES string of the molecule is C[C@@H](C[n+]1ccccc1)OS(=O)(=O)O. The number of aromatic nitrogens is 1. The van der Waals surface area contributed by atoms with Crippen LogP contribution in [-0.4, -0.2) is 19.1 Å². The summed E-state index contributed by atoms with van der Waals surface area (Å²) in [6.45, 7) is 1.92. The fourth-order valence-electron chi connectivity index (χ4n) is 1.09. The first-order valence-electron chi connectivity index (χ1n) is 4.07. The molecule has 0 aromatic carbocycles. The average molecular weight is 218 g/mol. The molecule has 14 heavy (non-hydrogen) atoms. The molecule has 1 rings (SSSR count). The van der Waals surface area contributed by atoms with E-state index in [1.54, 1.807) is 23.9 Å². The molecule has 0 aliphatic rings. The number of pyridine rings is 1. The first-order chi connectivity index (χ1) is 6.47. The van der Waals surface area contributed by atoms with Crippen molar-refractivity contribution >= 4 is 10.4 Å². The summed E-state index contributed by atoms with van der Waals surface area (Å²) in [5, 5.41) is 0. The van der Waals surface area contributed by atoms with Gasteiger partial charge in [0.1, 0.15) is 6.10 Å². The Kier molecular flexibility index (Phi) is 3.56. The van der Waals surface area contributed by atoms with Gasteiger partial charge in [0.05, 0.1) is 0 Å². The number of nitrogens with zero attached hydrogens (tertiary/aromatic N) is 1. The van der Waals surface area contributed by atoms with Crippen LogP contribution in [0, 0.1) is 0 Å². The lowest BCUT2D eigenvalue weighted by atomic mass is 10.4. The van der Waals surface area contributed by atoms with Gasteiger partial charge in [-0.15, -0.1) is 0 Å². The Morgan fingerprint density at radius 3 is 2.43 bits per heavy atom. The van der Waals surface area contributed by atoms with Gasteiger partial charge in [0.2, 0.25) is 0 Å². The highest BCUT2D eigenvalue weighted by Gasteiger charge is 2.15. The van der Waals surface area contributed by atoms with E-state index in [-0.39, 0.29) is 0 Å². The van der Waals surface area contributed by atoms with Crippen molar-refractivity contribution in [3.8, 4) is 0 Å². The molecule has 0 saturated heterocycles. The van der Waals surface area contributed by atoms with Crippen molar-refractivity contribution in [3.05, 3.63) is 30.6 Å². The Hall–Kier alpha value is -0.980. The lowest BCUT2D eigenvalue weighted by Crippen LogP contribution is -2.39. The second kappa shape index (κ2) is 4.50. The molecule has 0 spiro atoms. The van der Waals surface area contributed by atoms with Gasteiger partial charge in [-0.05, 0) is 6.92 Å². The summed E-state index contributed by atoms with van der Waals surface area (Å²) < 4.78 is 35.2. The molecule has 0 bridgehead atoms. The monoisotopic (exact) mass is 218 g/mol. The molecule has 0 amide bonds. The summed E-state index contributed by atoms with van der Waals surface area (Å²) >= 11 is 0. The van der Waals surface area contributed by atoms with Crippen LogP contribution in [0.15, 0.2) is 30.6 Å². The third-order valence-electron chi connectivity index (χ3n) is 1.53. The second-order valence-corrected chi connectivity index (χ2v) is 3.95. The molecule has 1 aromatic rings. The van der Waals surface area contributed by atoms with E-state index in [0.717, 1.165) is 0 Å². The number of rotatable bonds is 4. The maximum atomic E-state index is 10.4. The molecule has 0 aliphatic carbocycles. The first-order valence-corrected chi connectivity index (χ1v) is 5.43. The smallest absolute Gasteiger partial charge is 0.264 e. The Labute approximate surface area is 82.9 Å². The predicted molar refractivity (Wildman–Crippen MR) is 48.7 cm³/mol. The molecule has 78 valence electrons. The maximum Gasteiger partial charge on any atom is 0.397 e. The molecule has 0 aliphatic heterocycles. The molecule has 0 radical (unpaired) electrons. The lowest BCUT2D eigenvalue weighted by molar-refractivity contribution is -0.702. The van der Waals surface area contributed by atoms with Crippen LogP contribution in [0.4, 0.5) is 0 Å². The normalized spacial score (nSPS) is 13.9. The highest BCUT2D eigenvalue weighted by molar-refractivity contribution is 7.80. The van der Waals surface area contributed by atoms with E-state index in [9.17, 15) is 8.42 Å². The summed E-state index contributed by atoms with van der Waals surface area (Å²) in [6.07, 6.45) is 2.96. The third-order valence-corrected chi connectivity index (χ3v) is 2.10. The third kappa shape index (κ3) is 4.31. The Morgan fingerprint density at radius 2 is 1.93 bits per heavy atom. The molecule has 5 nitrogen and oxygen atoms in total. The van der Waals surface area contributed by atoms with Gasteiger partial charge < -0.3 is 0 Å². The summed E-state index contributed by atoms with van der Waals surface area (Å²) in [6, 6.07) is 5.49. The summed E-state index contributed by atoms with van der Waals surface area (Å²) in [7, 11) is -4.36. The summed E-state index contributed by atoms with van der Waals surface area (Å²) in [5.41, 5.74) is 0. The summed E-state index contributed by atoms with van der Waals surface area (Å²) in [4.78, 5) is 0. The van der Waals surface area contributed by atoms with E-state index in [2.05, 4.69) is 4.18 Å². The quantitative estimate of drug-likeness (QED) is 0.578. The highest BCUT2D eigenvalue weighted by Crippen LogP contribution is 1.96. The topological polar surface area (TPSA) is 67.5 Å². The average Bonchev–Trinajstić information content (AvgIpc) is 2.02. The van der Waals surface area contributed by atoms with E-state index in [1.807, 2.05) is 18.2 Å². The zero-order valence-electron chi connectivity index (χ0n) is 7.70. The molecule has 0 unspecified atom stereocenters. The minimum atomic E-state index is -4.36. The van der Waals surface area contributed by atoms with Gasteiger partial charge in [-0.2, -0.15) is 8.42 Å². The minimum Gasteiger partial charge on any atom is -0.264 e. The Morgan fingerprint density at radius 1 is 1.36 bits per heavy atom. The van der Waals surface area contributed by atoms with Gasteiger partial charge in [-0.25, -0.2) is 8.75 Å². The van der Waals surface area contributed by atoms with Gasteiger partial charge in [0.25, 0.3) is 0 Å². The van der Waals surface area contributed by atoms with Crippen LogP contribution >= 0.6 is 0 Å². The van der Waals surface area contributed by atoms with Crippen molar-refractivity contribution in [2.75, 3.05) is 0 Å². The van der Waals surface area contributed by atoms with Crippen LogP contribution in [0.5, 0.6) is 0 Å². The number of hydrogen-bond acceptors (Lipinski definition) is 3. The molecular weight excluding hydrogens is 206 g/mol. The van der Waals surface area contributed by atoms with E-state index in [1.165, 1.54) is 0 Å². The predicted octanol–water partition coefficient (Wildman–Crippen LogP) is 0.182. The lowest BCUT2D eigenvalue weighted by Gasteiger charge is -2.05. The van der Waals surface area contributed by atoms with Gasteiger partial charge in [-0.3, -0.25) is 4.55 Å². The molecule has 0 fully saturated rings. The highest BCUT2D eigenvalue weighted by atomic mass is 32.3. The van der Waals surface area contributed by atoms with Gasteiger partial charge in [-0.1, -0.05) is 6.07 Å². The van der Waals surface area contributed by atoms with E-state index >= 15 is 0 Å². The van der Waals surface area contributed by atoms with Crippen molar-refractivity contribution in [1.29, 1.82) is 0 Å². The zero-order valence-corrected chi connectivity index (χ0v) is 8.52. The van der Waals surface area contributed by atoms with Crippen molar-refractivity contribution < 1.29 is 21.7 Å². The molecule has 1 atom stereocenters. The van der Waals surface area contributed by atoms with Crippen molar-refractivity contribution in [3.63, 3.8) is 0 Å². The fourth-order valence-corrected chi connectivity index (χ4v) is 1.57. The van der Waals surface area contributed by atoms with Crippen LogP contribution in [-0.2, 0) is 21.1 Å². The van der Waals surface area contributed by atoms with Crippen LogP contribution in [0.3, 0.4) is 0 Å². The Balaban J connectivity index is 2.54. The first kappa shape index (κ1) is 11.1. The van der Waals surface area contributed by atoms with Crippen LogP contribution in [0.2, 0.25) is 0 Å². The number of hydrogen-bond donors (Lipinski definition) is 1. The summed E-state index contributed by atoms with van der Waals surface area (Å²) in [5.74, 6) is 0. The van der Waals surface area contributed by atoms with Crippen LogP contribution in [0.1, 0.15) is 6.92 Å². The second-order valence-electron chi connectivity index (χ2n) is 2.91. The van der Waals surface area contributed by atoms with E-state index < -0.39 is 16.5 Å². The molecule has 6 heteroatoms. The fraction of sp³-hybridized carbons (Fsp3) is 0.375. The van der Waals surface area contributed by atoms with Crippen molar-refractivity contribution in [2.45, 2.75) is 19.6 Å².